The van der Waals surface area contributed by atoms with Crippen LogP contribution in [0.5, 0.6) is 0 Å². The van der Waals surface area contributed by atoms with Crippen LogP contribution in [0.25, 0.3) is 0 Å². The first-order valence-corrected chi connectivity index (χ1v) is 6.70. The molecule has 0 aliphatic rings. The zero-order valence-electron chi connectivity index (χ0n) is 11.2. The number of nitrogens with zero attached hydrogens (tertiary/aromatic N) is 1. The molecule has 2 nitrogen and oxygen atoms in total. The zero-order valence-corrected chi connectivity index (χ0v) is 11.2. The van der Waals surface area contributed by atoms with Crippen LogP contribution in [0.2, 0.25) is 0 Å². The van der Waals surface area contributed by atoms with E-state index in [0.29, 0.717) is 0 Å². The van der Waals surface area contributed by atoms with Gasteiger partial charge in [0, 0.05) is 6.04 Å². The molecular formula is C13H30N2. The van der Waals surface area contributed by atoms with Gasteiger partial charge in [-0.3, -0.25) is 0 Å². The van der Waals surface area contributed by atoms with Crippen LogP contribution in [-0.2, 0) is 0 Å². The van der Waals surface area contributed by atoms with Gasteiger partial charge in [0.1, 0.15) is 0 Å². The van der Waals surface area contributed by atoms with E-state index in [2.05, 4.69) is 37.9 Å². The second-order valence-electron chi connectivity index (χ2n) is 4.37. The Morgan fingerprint density at radius 3 is 2.33 bits per heavy atom. The monoisotopic (exact) mass is 214 g/mol. The SMILES string of the molecule is CCCNCCCC(C)N(CC)CCC. The largest absolute Gasteiger partial charge is 0.317 e. The fourth-order valence-electron chi connectivity index (χ4n) is 1.98. The lowest BCUT2D eigenvalue weighted by molar-refractivity contribution is 0.207. The lowest BCUT2D eigenvalue weighted by Crippen LogP contribution is -2.34. The molecule has 0 aromatic carbocycles. The second kappa shape index (κ2) is 10.4. The van der Waals surface area contributed by atoms with Crippen molar-refractivity contribution < 1.29 is 0 Å². The van der Waals surface area contributed by atoms with E-state index < -0.39 is 0 Å². The summed E-state index contributed by atoms with van der Waals surface area (Å²) in [4.78, 5) is 2.58. The Hall–Kier alpha value is -0.0800. The van der Waals surface area contributed by atoms with E-state index in [4.69, 9.17) is 0 Å². The van der Waals surface area contributed by atoms with Crippen molar-refractivity contribution in [3.05, 3.63) is 0 Å². The third-order valence-electron chi connectivity index (χ3n) is 2.94. The minimum Gasteiger partial charge on any atom is -0.317 e. The van der Waals surface area contributed by atoms with E-state index in [1.165, 1.54) is 51.9 Å². The minimum absolute atomic E-state index is 0.748. The van der Waals surface area contributed by atoms with E-state index in [0.717, 1.165) is 6.04 Å². The molecule has 0 fully saturated rings. The molecule has 0 saturated carbocycles. The molecule has 2 heteroatoms. The topological polar surface area (TPSA) is 15.3 Å². The summed E-state index contributed by atoms with van der Waals surface area (Å²) in [5.74, 6) is 0. The van der Waals surface area contributed by atoms with Crippen molar-refractivity contribution >= 4 is 0 Å². The van der Waals surface area contributed by atoms with Gasteiger partial charge in [0.15, 0.2) is 0 Å². The van der Waals surface area contributed by atoms with Gasteiger partial charge < -0.3 is 10.2 Å². The summed E-state index contributed by atoms with van der Waals surface area (Å²) in [5, 5.41) is 3.46. The summed E-state index contributed by atoms with van der Waals surface area (Å²) in [7, 11) is 0. The first kappa shape index (κ1) is 14.9. The highest BCUT2D eigenvalue weighted by Gasteiger charge is 2.09. The minimum atomic E-state index is 0.748. The van der Waals surface area contributed by atoms with Crippen molar-refractivity contribution in [1.29, 1.82) is 0 Å². The predicted molar refractivity (Wildman–Crippen MR) is 69.4 cm³/mol. The van der Waals surface area contributed by atoms with Gasteiger partial charge in [-0.2, -0.15) is 0 Å². The van der Waals surface area contributed by atoms with Crippen molar-refractivity contribution in [2.75, 3.05) is 26.2 Å². The predicted octanol–water partition coefficient (Wildman–Crippen LogP) is 2.89. The molecule has 1 unspecified atom stereocenters. The highest BCUT2D eigenvalue weighted by atomic mass is 15.1. The quantitative estimate of drug-likeness (QED) is 0.563. The molecule has 0 amide bonds. The maximum absolute atomic E-state index is 3.46. The Bertz CT molecular complexity index is 126. The van der Waals surface area contributed by atoms with Crippen LogP contribution < -0.4 is 5.32 Å². The maximum atomic E-state index is 3.46. The Morgan fingerprint density at radius 1 is 1.07 bits per heavy atom. The Kier molecular flexibility index (Phi) is 10.4. The molecule has 0 aromatic heterocycles. The Labute approximate surface area is 96.4 Å². The van der Waals surface area contributed by atoms with Gasteiger partial charge in [-0.15, -0.1) is 0 Å². The van der Waals surface area contributed by atoms with E-state index >= 15 is 0 Å². The van der Waals surface area contributed by atoms with E-state index in [1.807, 2.05) is 0 Å². The molecule has 0 aromatic rings. The smallest absolute Gasteiger partial charge is 0.00672 e. The number of rotatable bonds is 10. The molecular weight excluding hydrogens is 184 g/mol. The van der Waals surface area contributed by atoms with Crippen LogP contribution in [-0.4, -0.2) is 37.1 Å². The summed E-state index contributed by atoms with van der Waals surface area (Å²) in [5.41, 5.74) is 0. The third kappa shape index (κ3) is 7.80. The van der Waals surface area contributed by atoms with Crippen molar-refractivity contribution in [3.8, 4) is 0 Å². The fraction of sp³-hybridized carbons (Fsp3) is 1.00. The number of nitrogens with one attached hydrogen (secondary N) is 1. The third-order valence-corrected chi connectivity index (χ3v) is 2.94. The van der Waals surface area contributed by atoms with Crippen molar-refractivity contribution in [2.45, 2.75) is 59.4 Å². The average Bonchev–Trinajstić information content (AvgIpc) is 2.25. The summed E-state index contributed by atoms with van der Waals surface area (Å²) in [6.45, 7) is 13.9. The Balaban J connectivity index is 3.48. The first-order valence-electron chi connectivity index (χ1n) is 6.70. The number of hydrogen-bond donors (Lipinski definition) is 1. The van der Waals surface area contributed by atoms with Gasteiger partial charge in [0.05, 0.1) is 0 Å². The standard InChI is InChI=1S/C13H30N2/c1-5-10-14-11-8-9-13(4)15(7-3)12-6-2/h13-14H,5-12H2,1-4H3. The highest BCUT2D eigenvalue weighted by Crippen LogP contribution is 2.06. The summed E-state index contributed by atoms with van der Waals surface area (Å²) < 4.78 is 0. The van der Waals surface area contributed by atoms with Crippen LogP contribution in [0.4, 0.5) is 0 Å². The Morgan fingerprint density at radius 2 is 1.80 bits per heavy atom. The summed E-state index contributed by atoms with van der Waals surface area (Å²) in [6, 6.07) is 0.748. The molecule has 0 spiro atoms. The molecule has 0 rings (SSSR count). The molecule has 0 aliphatic heterocycles. The summed E-state index contributed by atoms with van der Waals surface area (Å²) in [6.07, 6.45) is 5.14. The highest BCUT2D eigenvalue weighted by molar-refractivity contribution is 4.66. The molecule has 1 atom stereocenters. The average molecular weight is 214 g/mol. The van der Waals surface area contributed by atoms with Crippen LogP contribution in [0.15, 0.2) is 0 Å². The molecule has 92 valence electrons. The molecule has 1 N–H and O–H groups in total. The van der Waals surface area contributed by atoms with Crippen molar-refractivity contribution in [2.24, 2.45) is 0 Å². The second-order valence-corrected chi connectivity index (χ2v) is 4.37. The molecule has 0 aliphatic carbocycles. The van der Waals surface area contributed by atoms with E-state index in [1.54, 1.807) is 0 Å². The number of hydrogen-bond acceptors (Lipinski definition) is 2. The zero-order chi connectivity index (χ0) is 11.5. The summed E-state index contributed by atoms with van der Waals surface area (Å²) >= 11 is 0. The first-order chi connectivity index (χ1) is 7.26. The van der Waals surface area contributed by atoms with Crippen LogP contribution in [0.1, 0.15) is 53.4 Å². The van der Waals surface area contributed by atoms with Gasteiger partial charge in [0.25, 0.3) is 0 Å². The molecule has 0 radical (unpaired) electrons. The van der Waals surface area contributed by atoms with Gasteiger partial charge in [-0.05, 0) is 58.8 Å². The van der Waals surface area contributed by atoms with Crippen molar-refractivity contribution in [3.63, 3.8) is 0 Å². The van der Waals surface area contributed by atoms with E-state index in [9.17, 15) is 0 Å². The maximum Gasteiger partial charge on any atom is 0.00672 e. The fourth-order valence-corrected chi connectivity index (χ4v) is 1.98. The lowest BCUT2D eigenvalue weighted by Gasteiger charge is -2.27. The van der Waals surface area contributed by atoms with Gasteiger partial charge in [-0.1, -0.05) is 20.8 Å². The van der Waals surface area contributed by atoms with E-state index in [-0.39, 0.29) is 0 Å². The van der Waals surface area contributed by atoms with Gasteiger partial charge in [0.2, 0.25) is 0 Å². The molecule has 15 heavy (non-hydrogen) atoms. The van der Waals surface area contributed by atoms with Gasteiger partial charge in [-0.25, -0.2) is 0 Å². The molecule has 0 heterocycles. The molecule has 0 bridgehead atoms. The van der Waals surface area contributed by atoms with Crippen molar-refractivity contribution in [1.82, 2.24) is 10.2 Å². The van der Waals surface area contributed by atoms with Crippen LogP contribution in [0, 0.1) is 0 Å². The normalized spacial score (nSPS) is 13.4. The van der Waals surface area contributed by atoms with Crippen LogP contribution in [0.3, 0.4) is 0 Å². The van der Waals surface area contributed by atoms with Gasteiger partial charge >= 0.3 is 0 Å². The molecule has 0 saturated heterocycles. The van der Waals surface area contributed by atoms with Crippen LogP contribution >= 0.6 is 0 Å². The lowest BCUT2D eigenvalue weighted by atomic mass is 10.1.